The molecule has 1 saturated heterocycles. The van der Waals surface area contributed by atoms with Gasteiger partial charge in [0.2, 0.25) is 0 Å². The number of nitrogens with one attached hydrogen (secondary N) is 1. The van der Waals surface area contributed by atoms with Crippen molar-refractivity contribution in [2.75, 3.05) is 24.4 Å². The molecule has 0 bridgehead atoms. The average Bonchev–Trinajstić information content (AvgIpc) is 2.68. The molecule has 6 nitrogen and oxygen atoms in total. The van der Waals surface area contributed by atoms with Crippen LogP contribution in [0.1, 0.15) is 23.7 Å². The molecule has 0 radical (unpaired) electrons. The zero-order valence-corrected chi connectivity index (χ0v) is 15.4. The molecule has 1 N–H and O–H groups in total. The molecule has 0 aromatic heterocycles. The quantitative estimate of drug-likeness (QED) is 0.873. The Hall–Kier alpha value is -2.38. The van der Waals surface area contributed by atoms with E-state index in [-0.39, 0.29) is 16.9 Å². The molecule has 138 valence electrons. The van der Waals surface area contributed by atoms with Crippen LogP contribution in [0, 0.1) is 0 Å². The summed E-state index contributed by atoms with van der Waals surface area (Å²) in [6.45, 7) is 3.72. The second-order valence-electron chi connectivity index (χ2n) is 6.15. The Kier molecular flexibility index (Phi) is 5.58. The largest absolute Gasteiger partial charge is 0.375 e. The first-order valence-corrected chi connectivity index (χ1v) is 10.1. The standard InChI is InChI=1S/C19H22N2O4S/c1-2-17-14-21(12-13-25-17)19(22)15-8-10-16(11-9-15)20-26(23,24)18-6-4-3-5-7-18/h3-11,17,20H,2,12-14H2,1H3/t17-/m0/s1. The number of carbonyl (C=O) groups excluding carboxylic acids is 1. The van der Waals surface area contributed by atoms with Gasteiger partial charge in [0, 0.05) is 24.3 Å². The van der Waals surface area contributed by atoms with E-state index in [4.69, 9.17) is 4.74 Å². The molecule has 2 aromatic rings. The molecule has 0 saturated carbocycles. The Morgan fingerprint density at radius 1 is 1.15 bits per heavy atom. The summed E-state index contributed by atoms with van der Waals surface area (Å²) in [5, 5.41) is 0. The third kappa shape index (κ3) is 4.23. The van der Waals surface area contributed by atoms with Gasteiger partial charge in [-0.1, -0.05) is 25.1 Å². The Morgan fingerprint density at radius 3 is 2.50 bits per heavy atom. The first kappa shape index (κ1) is 18.4. The number of sulfonamides is 1. The van der Waals surface area contributed by atoms with E-state index in [2.05, 4.69) is 4.72 Å². The second kappa shape index (κ2) is 7.88. The number of carbonyl (C=O) groups is 1. The fraction of sp³-hybridized carbons (Fsp3) is 0.316. The summed E-state index contributed by atoms with van der Waals surface area (Å²) in [4.78, 5) is 14.6. The van der Waals surface area contributed by atoms with Crippen molar-refractivity contribution in [2.24, 2.45) is 0 Å². The molecule has 1 aliphatic rings. The van der Waals surface area contributed by atoms with Gasteiger partial charge in [-0.05, 0) is 42.8 Å². The summed E-state index contributed by atoms with van der Waals surface area (Å²) in [6, 6.07) is 14.6. The van der Waals surface area contributed by atoms with Crippen LogP contribution >= 0.6 is 0 Å². The lowest BCUT2D eigenvalue weighted by molar-refractivity contribution is -0.0226. The summed E-state index contributed by atoms with van der Waals surface area (Å²) in [5.41, 5.74) is 0.947. The Morgan fingerprint density at radius 2 is 1.85 bits per heavy atom. The van der Waals surface area contributed by atoms with E-state index in [1.165, 1.54) is 12.1 Å². The van der Waals surface area contributed by atoms with Crippen LogP contribution < -0.4 is 4.72 Å². The van der Waals surface area contributed by atoms with Crippen molar-refractivity contribution in [1.29, 1.82) is 0 Å². The van der Waals surface area contributed by atoms with E-state index in [1.54, 1.807) is 47.4 Å². The number of anilines is 1. The molecule has 1 heterocycles. The number of morpholine rings is 1. The Labute approximate surface area is 153 Å². The van der Waals surface area contributed by atoms with Crippen LogP contribution in [0.25, 0.3) is 0 Å². The summed E-state index contributed by atoms with van der Waals surface area (Å²) in [7, 11) is -3.64. The van der Waals surface area contributed by atoms with E-state index in [0.29, 0.717) is 30.9 Å². The molecular formula is C19H22N2O4S. The molecule has 26 heavy (non-hydrogen) atoms. The van der Waals surface area contributed by atoms with Crippen LogP contribution in [-0.2, 0) is 14.8 Å². The van der Waals surface area contributed by atoms with Crippen molar-refractivity contribution in [3.8, 4) is 0 Å². The molecule has 7 heteroatoms. The lowest BCUT2D eigenvalue weighted by Crippen LogP contribution is -2.45. The van der Waals surface area contributed by atoms with Crippen molar-refractivity contribution in [3.05, 3.63) is 60.2 Å². The number of hydrogen-bond acceptors (Lipinski definition) is 4. The van der Waals surface area contributed by atoms with Crippen LogP contribution in [0.4, 0.5) is 5.69 Å². The van der Waals surface area contributed by atoms with Crippen LogP contribution in [0.15, 0.2) is 59.5 Å². The molecule has 2 aromatic carbocycles. The zero-order valence-electron chi connectivity index (χ0n) is 14.6. The summed E-state index contributed by atoms with van der Waals surface area (Å²) < 4.78 is 32.8. The second-order valence-corrected chi connectivity index (χ2v) is 7.83. The zero-order chi connectivity index (χ0) is 18.6. The minimum absolute atomic E-state index is 0.0655. The van der Waals surface area contributed by atoms with Crippen LogP contribution in [0.3, 0.4) is 0 Å². The highest BCUT2D eigenvalue weighted by molar-refractivity contribution is 7.92. The normalized spacial score (nSPS) is 17.7. The summed E-state index contributed by atoms with van der Waals surface area (Å²) in [6.07, 6.45) is 0.939. The molecule has 0 unspecified atom stereocenters. The van der Waals surface area contributed by atoms with Crippen molar-refractivity contribution >= 4 is 21.6 Å². The molecule has 0 aliphatic carbocycles. The van der Waals surface area contributed by atoms with E-state index in [9.17, 15) is 13.2 Å². The molecule has 0 spiro atoms. The van der Waals surface area contributed by atoms with Gasteiger partial charge in [0.25, 0.3) is 15.9 Å². The van der Waals surface area contributed by atoms with Gasteiger partial charge >= 0.3 is 0 Å². The van der Waals surface area contributed by atoms with Gasteiger partial charge in [-0.2, -0.15) is 0 Å². The lowest BCUT2D eigenvalue weighted by Gasteiger charge is -2.32. The fourth-order valence-corrected chi connectivity index (χ4v) is 3.91. The smallest absolute Gasteiger partial charge is 0.261 e. The maximum absolute atomic E-state index is 12.6. The number of amides is 1. The summed E-state index contributed by atoms with van der Waals surface area (Å²) in [5.74, 6) is -0.0655. The van der Waals surface area contributed by atoms with Crippen LogP contribution in [-0.4, -0.2) is 45.0 Å². The predicted molar refractivity (Wildman–Crippen MR) is 99.6 cm³/mol. The molecular weight excluding hydrogens is 352 g/mol. The average molecular weight is 374 g/mol. The third-order valence-electron chi connectivity index (χ3n) is 4.32. The maximum atomic E-state index is 12.6. The van der Waals surface area contributed by atoms with Gasteiger partial charge in [0.05, 0.1) is 17.6 Å². The molecule has 1 atom stereocenters. The summed E-state index contributed by atoms with van der Waals surface area (Å²) >= 11 is 0. The molecule has 1 aliphatic heterocycles. The van der Waals surface area contributed by atoms with Gasteiger partial charge in [-0.3, -0.25) is 9.52 Å². The number of ether oxygens (including phenoxy) is 1. The predicted octanol–water partition coefficient (Wildman–Crippen LogP) is 2.74. The van der Waals surface area contributed by atoms with Crippen molar-refractivity contribution in [2.45, 2.75) is 24.3 Å². The van der Waals surface area contributed by atoms with Gasteiger partial charge in [-0.25, -0.2) is 8.42 Å². The van der Waals surface area contributed by atoms with Gasteiger partial charge in [-0.15, -0.1) is 0 Å². The first-order valence-electron chi connectivity index (χ1n) is 8.58. The highest BCUT2D eigenvalue weighted by Gasteiger charge is 2.24. The molecule has 3 rings (SSSR count). The monoisotopic (exact) mass is 374 g/mol. The SMILES string of the molecule is CC[C@H]1CN(C(=O)c2ccc(NS(=O)(=O)c3ccccc3)cc2)CCO1. The minimum Gasteiger partial charge on any atom is -0.375 e. The molecule has 1 amide bonds. The number of hydrogen-bond donors (Lipinski definition) is 1. The van der Waals surface area contributed by atoms with E-state index in [1.807, 2.05) is 6.92 Å². The van der Waals surface area contributed by atoms with Gasteiger partial charge in [0.1, 0.15) is 0 Å². The minimum atomic E-state index is -3.64. The number of benzene rings is 2. The van der Waals surface area contributed by atoms with E-state index in [0.717, 1.165) is 6.42 Å². The topological polar surface area (TPSA) is 75.7 Å². The maximum Gasteiger partial charge on any atom is 0.261 e. The van der Waals surface area contributed by atoms with Crippen molar-refractivity contribution in [1.82, 2.24) is 4.90 Å². The third-order valence-corrected chi connectivity index (χ3v) is 5.72. The van der Waals surface area contributed by atoms with E-state index >= 15 is 0 Å². The van der Waals surface area contributed by atoms with Crippen molar-refractivity contribution < 1.29 is 17.9 Å². The van der Waals surface area contributed by atoms with Crippen LogP contribution in [0.2, 0.25) is 0 Å². The lowest BCUT2D eigenvalue weighted by atomic mass is 10.1. The number of nitrogens with zero attached hydrogens (tertiary/aromatic N) is 1. The van der Waals surface area contributed by atoms with Gasteiger partial charge < -0.3 is 9.64 Å². The van der Waals surface area contributed by atoms with Gasteiger partial charge in [0.15, 0.2) is 0 Å². The fourth-order valence-electron chi connectivity index (χ4n) is 2.83. The first-order chi connectivity index (χ1) is 12.5. The van der Waals surface area contributed by atoms with Crippen LogP contribution in [0.5, 0.6) is 0 Å². The van der Waals surface area contributed by atoms with Crippen molar-refractivity contribution in [3.63, 3.8) is 0 Å². The highest BCUT2D eigenvalue weighted by Crippen LogP contribution is 2.18. The van der Waals surface area contributed by atoms with E-state index < -0.39 is 10.0 Å². The Bertz CT molecular complexity index is 851. The molecule has 1 fully saturated rings. The highest BCUT2D eigenvalue weighted by atomic mass is 32.2. The number of rotatable bonds is 5. The Balaban J connectivity index is 1.69.